The molecule has 1 fully saturated rings. The highest BCUT2D eigenvalue weighted by Gasteiger charge is 2.27. The number of thiazole rings is 1. The summed E-state index contributed by atoms with van der Waals surface area (Å²) in [6, 6.07) is 7.25. The average molecular weight is 397 g/mol. The number of anilines is 1. The first-order valence-corrected chi connectivity index (χ1v) is 9.79. The first kappa shape index (κ1) is 18.4. The van der Waals surface area contributed by atoms with Crippen molar-refractivity contribution in [1.82, 2.24) is 9.88 Å². The topological polar surface area (TPSA) is 84.7 Å². The van der Waals surface area contributed by atoms with Crippen LogP contribution in [0.1, 0.15) is 21.3 Å². The van der Waals surface area contributed by atoms with Crippen molar-refractivity contribution in [3.8, 4) is 0 Å². The predicted octanol–water partition coefficient (Wildman–Crippen LogP) is 3.32. The van der Waals surface area contributed by atoms with Crippen LogP contribution in [-0.4, -0.2) is 48.0 Å². The Hall–Kier alpha value is -2.97. The number of furan rings is 1. The number of benzene rings is 1. The Morgan fingerprint density at radius 2 is 2.04 bits per heavy atom. The van der Waals surface area contributed by atoms with Crippen LogP contribution in [0.4, 0.5) is 5.69 Å². The van der Waals surface area contributed by atoms with Gasteiger partial charge in [0.15, 0.2) is 0 Å². The van der Waals surface area contributed by atoms with Crippen LogP contribution < -0.4 is 5.32 Å². The molecule has 0 radical (unpaired) electrons. The summed E-state index contributed by atoms with van der Waals surface area (Å²) in [6.45, 7) is 3.87. The monoisotopic (exact) mass is 397 g/mol. The van der Waals surface area contributed by atoms with Crippen LogP contribution in [0.5, 0.6) is 0 Å². The lowest BCUT2D eigenvalue weighted by Crippen LogP contribution is -2.40. The smallest absolute Gasteiger partial charge is 0.291 e. The van der Waals surface area contributed by atoms with E-state index in [0.717, 1.165) is 10.7 Å². The summed E-state index contributed by atoms with van der Waals surface area (Å²) in [7, 11) is 0. The molecule has 1 saturated heterocycles. The van der Waals surface area contributed by atoms with Crippen LogP contribution in [0.15, 0.2) is 40.1 Å². The highest BCUT2D eigenvalue weighted by molar-refractivity contribution is 7.09. The third-order valence-corrected chi connectivity index (χ3v) is 5.17. The van der Waals surface area contributed by atoms with Crippen LogP contribution in [0.2, 0.25) is 0 Å². The summed E-state index contributed by atoms with van der Waals surface area (Å²) < 4.78 is 11.1. The van der Waals surface area contributed by atoms with Gasteiger partial charge >= 0.3 is 0 Å². The molecular formula is C20H19N3O4S. The number of para-hydroxylation sites is 1. The Morgan fingerprint density at radius 3 is 2.79 bits per heavy atom. The summed E-state index contributed by atoms with van der Waals surface area (Å²) >= 11 is 1.52. The Bertz CT molecular complexity index is 1050. The van der Waals surface area contributed by atoms with E-state index in [1.54, 1.807) is 17.0 Å². The highest BCUT2D eigenvalue weighted by Crippen LogP contribution is 2.32. The molecule has 1 aromatic carbocycles. The number of ether oxygens (including phenoxy) is 1. The largest absolute Gasteiger partial charge is 0.449 e. The van der Waals surface area contributed by atoms with Crippen molar-refractivity contribution >= 4 is 45.9 Å². The van der Waals surface area contributed by atoms with Gasteiger partial charge in [-0.05, 0) is 25.1 Å². The molecular weight excluding hydrogens is 378 g/mol. The second-order valence-corrected chi connectivity index (χ2v) is 7.38. The van der Waals surface area contributed by atoms with Crippen LogP contribution in [0.3, 0.4) is 0 Å². The lowest BCUT2D eigenvalue weighted by Gasteiger charge is -2.26. The van der Waals surface area contributed by atoms with Gasteiger partial charge in [-0.1, -0.05) is 12.1 Å². The van der Waals surface area contributed by atoms with Gasteiger partial charge in [0.25, 0.3) is 5.91 Å². The molecule has 0 bridgehead atoms. The number of aromatic nitrogens is 1. The minimum absolute atomic E-state index is 0.134. The summed E-state index contributed by atoms with van der Waals surface area (Å²) in [4.78, 5) is 31.4. The molecule has 1 N–H and O–H groups in total. The molecule has 1 aliphatic rings. The number of fused-ring (bicyclic) bond motifs is 1. The summed E-state index contributed by atoms with van der Waals surface area (Å²) in [6.07, 6.45) is 3.05. The molecule has 0 saturated carbocycles. The molecule has 8 heteroatoms. The van der Waals surface area contributed by atoms with Crippen molar-refractivity contribution < 1.29 is 18.7 Å². The van der Waals surface area contributed by atoms with Crippen molar-refractivity contribution in [3.63, 3.8) is 0 Å². The number of aryl methyl sites for hydroxylation is 1. The van der Waals surface area contributed by atoms with Crippen molar-refractivity contribution in [2.45, 2.75) is 6.92 Å². The van der Waals surface area contributed by atoms with E-state index >= 15 is 0 Å². The number of carbonyl (C=O) groups is 2. The van der Waals surface area contributed by atoms with E-state index in [2.05, 4.69) is 10.3 Å². The minimum Gasteiger partial charge on any atom is -0.449 e. The van der Waals surface area contributed by atoms with Crippen LogP contribution in [0.25, 0.3) is 17.0 Å². The van der Waals surface area contributed by atoms with Gasteiger partial charge in [-0.15, -0.1) is 11.3 Å². The number of nitrogens with one attached hydrogen (secondary N) is 1. The maximum atomic E-state index is 13.0. The number of amides is 2. The Labute approximate surface area is 165 Å². The summed E-state index contributed by atoms with van der Waals surface area (Å²) in [5.74, 6) is -0.475. The number of rotatable bonds is 4. The predicted molar refractivity (Wildman–Crippen MR) is 107 cm³/mol. The van der Waals surface area contributed by atoms with Gasteiger partial charge in [-0.25, -0.2) is 4.98 Å². The second-order valence-electron chi connectivity index (χ2n) is 6.32. The van der Waals surface area contributed by atoms with E-state index in [1.807, 2.05) is 30.5 Å². The van der Waals surface area contributed by atoms with Gasteiger partial charge < -0.3 is 19.4 Å². The van der Waals surface area contributed by atoms with E-state index in [4.69, 9.17) is 9.15 Å². The van der Waals surface area contributed by atoms with Gasteiger partial charge in [0.05, 0.1) is 23.9 Å². The number of carbonyl (C=O) groups excluding carboxylic acids is 2. The SMILES string of the molecule is Cc1nc(/C=C/C(=O)Nc2c(C(=O)N3CCOCC3)oc3ccccc23)cs1. The second kappa shape index (κ2) is 7.95. The van der Waals surface area contributed by atoms with Crippen molar-refractivity contribution in [2.24, 2.45) is 0 Å². The zero-order valence-electron chi connectivity index (χ0n) is 15.3. The number of morpholine rings is 1. The zero-order valence-corrected chi connectivity index (χ0v) is 16.1. The van der Waals surface area contributed by atoms with Crippen LogP contribution in [-0.2, 0) is 9.53 Å². The molecule has 0 spiro atoms. The van der Waals surface area contributed by atoms with E-state index in [1.165, 1.54) is 17.4 Å². The van der Waals surface area contributed by atoms with E-state index in [-0.39, 0.29) is 17.6 Å². The standard InChI is InChI=1S/C20H19N3O4S/c1-13-21-14(12-28-13)6-7-17(24)22-18-15-4-2-3-5-16(15)27-19(18)20(25)23-8-10-26-11-9-23/h2-7,12H,8-11H2,1H3,(H,22,24)/b7-6+. The van der Waals surface area contributed by atoms with Crippen molar-refractivity contribution in [1.29, 1.82) is 0 Å². The molecule has 1 aliphatic heterocycles. The van der Waals surface area contributed by atoms with Crippen LogP contribution >= 0.6 is 11.3 Å². The molecule has 144 valence electrons. The molecule has 0 unspecified atom stereocenters. The van der Waals surface area contributed by atoms with Gasteiger partial charge in [-0.3, -0.25) is 9.59 Å². The highest BCUT2D eigenvalue weighted by atomic mass is 32.1. The maximum absolute atomic E-state index is 13.0. The average Bonchev–Trinajstić information content (AvgIpc) is 3.30. The molecule has 0 atom stereocenters. The van der Waals surface area contributed by atoms with Crippen LogP contribution in [0, 0.1) is 6.92 Å². The van der Waals surface area contributed by atoms with Crippen molar-refractivity contribution in [3.05, 3.63) is 52.2 Å². The third kappa shape index (κ3) is 3.83. The van der Waals surface area contributed by atoms with Gasteiger partial charge in [0.2, 0.25) is 11.7 Å². The molecule has 4 rings (SSSR count). The first-order valence-electron chi connectivity index (χ1n) is 8.91. The summed E-state index contributed by atoms with van der Waals surface area (Å²) in [5, 5.41) is 6.30. The molecule has 0 aliphatic carbocycles. The quantitative estimate of drug-likeness (QED) is 0.683. The maximum Gasteiger partial charge on any atom is 0.291 e. The van der Waals surface area contributed by atoms with Gasteiger partial charge in [0, 0.05) is 29.9 Å². The van der Waals surface area contributed by atoms with E-state index < -0.39 is 0 Å². The molecule has 3 aromatic rings. The fourth-order valence-corrected chi connectivity index (χ4v) is 3.59. The van der Waals surface area contributed by atoms with Gasteiger partial charge in [0.1, 0.15) is 11.3 Å². The summed E-state index contributed by atoms with van der Waals surface area (Å²) in [5.41, 5.74) is 1.66. The van der Waals surface area contributed by atoms with E-state index in [9.17, 15) is 9.59 Å². The Kier molecular flexibility index (Phi) is 5.23. The molecule has 2 amide bonds. The fourth-order valence-electron chi connectivity index (χ4n) is 3.01. The van der Waals surface area contributed by atoms with Gasteiger partial charge in [-0.2, -0.15) is 0 Å². The number of hydrogen-bond acceptors (Lipinski definition) is 6. The van der Waals surface area contributed by atoms with E-state index in [0.29, 0.717) is 43.0 Å². The Morgan fingerprint density at radius 1 is 1.25 bits per heavy atom. The first-order chi connectivity index (χ1) is 13.6. The molecule has 7 nitrogen and oxygen atoms in total. The normalized spacial score (nSPS) is 14.7. The fraction of sp³-hybridized carbons (Fsp3) is 0.250. The van der Waals surface area contributed by atoms with Crippen molar-refractivity contribution in [2.75, 3.05) is 31.6 Å². The molecule has 3 heterocycles. The molecule has 2 aromatic heterocycles. The Balaban J connectivity index is 1.62. The number of hydrogen-bond donors (Lipinski definition) is 1. The minimum atomic E-state index is -0.353. The third-order valence-electron chi connectivity index (χ3n) is 4.38. The lowest BCUT2D eigenvalue weighted by atomic mass is 10.2. The zero-order chi connectivity index (χ0) is 19.5. The lowest BCUT2D eigenvalue weighted by molar-refractivity contribution is -0.111. The number of nitrogens with zero attached hydrogens (tertiary/aromatic N) is 2. The molecule has 28 heavy (non-hydrogen) atoms.